The van der Waals surface area contributed by atoms with Gasteiger partial charge in [-0.3, -0.25) is 4.68 Å². The molecule has 1 aromatic heterocycles. The number of benzene rings is 1. The molecule has 7 nitrogen and oxygen atoms in total. The molecule has 0 saturated carbocycles. The molecule has 1 heterocycles. The highest BCUT2D eigenvalue weighted by Crippen LogP contribution is 2.16. The number of aryl methyl sites for hydroxylation is 1. The van der Waals surface area contributed by atoms with Gasteiger partial charge >= 0.3 is 0 Å². The van der Waals surface area contributed by atoms with Gasteiger partial charge in [-0.2, -0.15) is 5.10 Å². The van der Waals surface area contributed by atoms with E-state index in [1.165, 1.54) is 30.1 Å². The maximum absolute atomic E-state index is 12.1. The first-order valence-electron chi connectivity index (χ1n) is 5.84. The third-order valence-electron chi connectivity index (χ3n) is 2.89. The Morgan fingerprint density at radius 3 is 2.50 bits per heavy atom. The van der Waals surface area contributed by atoms with Crippen LogP contribution in [-0.2, 0) is 23.6 Å². The Labute approximate surface area is 117 Å². The maximum atomic E-state index is 12.1. The molecule has 2 aromatic rings. The van der Waals surface area contributed by atoms with E-state index >= 15 is 0 Å². The predicted octanol–water partition coefficient (Wildman–Crippen LogP) is 0.489. The molecule has 0 aliphatic heterocycles. The topological polar surface area (TPSA) is 99.2 Å². The summed E-state index contributed by atoms with van der Waals surface area (Å²) < 4.78 is 33.2. The number of nitrogens with one attached hydrogen (secondary N) is 1. The molecule has 0 spiro atoms. The number of anilines is 1. The Morgan fingerprint density at radius 2 is 2.00 bits per heavy atom. The van der Waals surface area contributed by atoms with E-state index in [4.69, 9.17) is 10.5 Å². The van der Waals surface area contributed by atoms with Gasteiger partial charge in [-0.25, -0.2) is 13.1 Å². The molecule has 3 N–H and O–H groups in total. The van der Waals surface area contributed by atoms with E-state index in [0.717, 1.165) is 0 Å². The van der Waals surface area contributed by atoms with Gasteiger partial charge in [0.1, 0.15) is 11.6 Å². The van der Waals surface area contributed by atoms with Gasteiger partial charge in [0.2, 0.25) is 10.0 Å². The Morgan fingerprint density at radius 1 is 1.35 bits per heavy atom. The highest BCUT2D eigenvalue weighted by atomic mass is 32.2. The molecule has 1 aromatic carbocycles. The highest BCUT2D eigenvalue weighted by molar-refractivity contribution is 7.89. The number of aromatic nitrogens is 2. The van der Waals surface area contributed by atoms with Crippen LogP contribution >= 0.6 is 0 Å². The Kier molecular flexibility index (Phi) is 3.96. The van der Waals surface area contributed by atoms with Crippen LogP contribution in [0.1, 0.15) is 5.56 Å². The minimum Gasteiger partial charge on any atom is -0.497 e. The molecule has 0 unspecified atom stereocenters. The summed E-state index contributed by atoms with van der Waals surface area (Å²) >= 11 is 0. The van der Waals surface area contributed by atoms with Crippen molar-refractivity contribution >= 4 is 15.8 Å². The second kappa shape index (κ2) is 5.51. The van der Waals surface area contributed by atoms with Gasteiger partial charge in [-0.15, -0.1) is 0 Å². The van der Waals surface area contributed by atoms with E-state index in [9.17, 15) is 8.42 Å². The molecule has 0 bridgehead atoms. The molecule has 0 saturated heterocycles. The minimum absolute atomic E-state index is 0.0913. The Balaban J connectivity index is 2.12. The number of hydrogen-bond donors (Lipinski definition) is 2. The lowest BCUT2D eigenvalue weighted by Crippen LogP contribution is -2.23. The molecular weight excluding hydrogens is 280 g/mol. The Bertz CT molecular complexity index is 692. The van der Waals surface area contributed by atoms with E-state index in [2.05, 4.69) is 9.82 Å². The summed E-state index contributed by atoms with van der Waals surface area (Å²) in [5.74, 6) is 1.03. The van der Waals surface area contributed by atoms with Crippen molar-refractivity contribution in [1.29, 1.82) is 0 Å². The number of hydrogen-bond acceptors (Lipinski definition) is 5. The van der Waals surface area contributed by atoms with Crippen LogP contribution in [0.25, 0.3) is 0 Å². The van der Waals surface area contributed by atoms with Crippen molar-refractivity contribution in [3.05, 3.63) is 36.0 Å². The standard InChI is InChI=1S/C12H16N4O3S/c1-16-12(13)9(7-14-16)8-15-20(17,18)11-5-3-10(19-2)4-6-11/h3-7,15H,8,13H2,1-2H3. The number of nitrogen functional groups attached to an aromatic ring is 1. The molecule has 0 aliphatic carbocycles. The average molecular weight is 296 g/mol. The largest absolute Gasteiger partial charge is 0.497 e. The van der Waals surface area contributed by atoms with Gasteiger partial charge in [0.15, 0.2) is 0 Å². The van der Waals surface area contributed by atoms with Gasteiger partial charge in [0.05, 0.1) is 18.2 Å². The third-order valence-corrected chi connectivity index (χ3v) is 4.30. The van der Waals surface area contributed by atoms with E-state index in [1.54, 1.807) is 19.2 Å². The molecule has 108 valence electrons. The quantitative estimate of drug-likeness (QED) is 0.836. The van der Waals surface area contributed by atoms with Crippen LogP contribution in [0.5, 0.6) is 5.75 Å². The first kappa shape index (κ1) is 14.4. The fraction of sp³-hybridized carbons (Fsp3) is 0.250. The third kappa shape index (κ3) is 2.91. The smallest absolute Gasteiger partial charge is 0.240 e. The normalized spacial score (nSPS) is 11.5. The lowest BCUT2D eigenvalue weighted by Gasteiger charge is -2.07. The van der Waals surface area contributed by atoms with Gasteiger partial charge in [-0.1, -0.05) is 0 Å². The van der Waals surface area contributed by atoms with Crippen molar-refractivity contribution < 1.29 is 13.2 Å². The number of ether oxygens (including phenoxy) is 1. The van der Waals surface area contributed by atoms with Gasteiger partial charge in [0, 0.05) is 19.2 Å². The molecule has 0 radical (unpaired) electrons. The van der Waals surface area contributed by atoms with Crippen molar-refractivity contribution in [2.45, 2.75) is 11.4 Å². The SMILES string of the molecule is COc1ccc(S(=O)(=O)NCc2cnn(C)c2N)cc1. The second-order valence-corrected chi connectivity index (χ2v) is 5.95. The molecule has 2 rings (SSSR count). The lowest BCUT2D eigenvalue weighted by molar-refractivity contribution is 0.414. The van der Waals surface area contributed by atoms with Crippen LogP contribution in [0.15, 0.2) is 35.4 Å². The van der Waals surface area contributed by atoms with Crippen LogP contribution in [0, 0.1) is 0 Å². The van der Waals surface area contributed by atoms with Crippen LogP contribution in [0.3, 0.4) is 0 Å². The molecule has 8 heteroatoms. The molecule has 0 fully saturated rings. The van der Waals surface area contributed by atoms with E-state index < -0.39 is 10.0 Å². The summed E-state index contributed by atoms with van der Waals surface area (Å²) in [5, 5.41) is 3.95. The fourth-order valence-electron chi connectivity index (χ4n) is 1.64. The first-order chi connectivity index (χ1) is 9.44. The zero-order chi connectivity index (χ0) is 14.8. The van der Waals surface area contributed by atoms with Crippen molar-refractivity contribution in [1.82, 2.24) is 14.5 Å². The highest BCUT2D eigenvalue weighted by Gasteiger charge is 2.15. The van der Waals surface area contributed by atoms with Crippen molar-refractivity contribution in [3.8, 4) is 5.75 Å². The van der Waals surface area contributed by atoms with Crippen LogP contribution in [0.2, 0.25) is 0 Å². The summed E-state index contributed by atoms with van der Waals surface area (Å²) in [7, 11) is -0.377. The van der Waals surface area contributed by atoms with Gasteiger partial charge in [0.25, 0.3) is 0 Å². The molecule has 0 amide bonds. The number of sulfonamides is 1. The van der Waals surface area contributed by atoms with Crippen molar-refractivity contribution in [2.75, 3.05) is 12.8 Å². The second-order valence-electron chi connectivity index (χ2n) is 4.18. The first-order valence-corrected chi connectivity index (χ1v) is 7.32. The predicted molar refractivity (Wildman–Crippen MR) is 74.6 cm³/mol. The molecule has 0 aliphatic rings. The zero-order valence-corrected chi connectivity index (χ0v) is 12.0. The zero-order valence-electron chi connectivity index (χ0n) is 11.2. The van der Waals surface area contributed by atoms with E-state index in [-0.39, 0.29) is 11.4 Å². The summed E-state index contributed by atoms with van der Waals surface area (Å²) in [5.41, 5.74) is 6.39. The van der Waals surface area contributed by atoms with Crippen molar-refractivity contribution in [3.63, 3.8) is 0 Å². The van der Waals surface area contributed by atoms with E-state index in [0.29, 0.717) is 17.1 Å². The minimum atomic E-state index is -3.59. The van der Waals surface area contributed by atoms with Gasteiger partial charge in [-0.05, 0) is 24.3 Å². The number of nitrogens with zero attached hydrogens (tertiary/aromatic N) is 2. The molecule has 0 atom stereocenters. The summed E-state index contributed by atoms with van der Waals surface area (Å²) in [6.07, 6.45) is 1.53. The van der Waals surface area contributed by atoms with E-state index in [1.807, 2.05) is 0 Å². The van der Waals surface area contributed by atoms with Crippen LogP contribution in [-0.4, -0.2) is 25.3 Å². The summed E-state index contributed by atoms with van der Waals surface area (Å²) in [6.45, 7) is 0.0913. The summed E-state index contributed by atoms with van der Waals surface area (Å²) in [6, 6.07) is 6.14. The fourth-order valence-corrected chi connectivity index (χ4v) is 2.65. The average Bonchev–Trinajstić information content (AvgIpc) is 2.77. The molecule has 20 heavy (non-hydrogen) atoms. The Hall–Kier alpha value is -2.06. The lowest BCUT2D eigenvalue weighted by atomic mass is 10.3. The van der Waals surface area contributed by atoms with Crippen molar-refractivity contribution in [2.24, 2.45) is 7.05 Å². The summed E-state index contributed by atoms with van der Waals surface area (Å²) in [4.78, 5) is 0.167. The number of nitrogens with two attached hydrogens (primary N) is 1. The monoisotopic (exact) mass is 296 g/mol. The maximum Gasteiger partial charge on any atom is 0.240 e. The molecular formula is C12H16N4O3S. The van der Waals surface area contributed by atoms with Crippen LogP contribution in [0.4, 0.5) is 5.82 Å². The van der Waals surface area contributed by atoms with Crippen LogP contribution < -0.4 is 15.2 Å². The number of methoxy groups -OCH3 is 1. The number of rotatable bonds is 5. The van der Waals surface area contributed by atoms with Gasteiger partial charge < -0.3 is 10.5 Å².